The minimum Gasteiger partial charge on any atom is -0.355 e. The van der Waals surface area contributed by atoms with Crippen molar-refractivity contribution in [2.45, 2.75) is 45.2 Å². The smallest absolute Gasteiger partial charge is 0.264 e. The molecule has 3 rings (SSSR count). The van der Waals surface area contributed by atoms with Crippen LogP contribution in [-0.2, 0) is 26.2 Å². The minimum atomic E-state index is -4.14. The van der Waals surface area contributed by atoms with Gasteiger partial charge in [-0.25, -0.2) is 8.42 Å². The predicted octanol–water partition coefficient (Wildman–Crippen LogP) is 4.71. The minimum absolute atomic E-state index is 0.0525. The first-order valence-corrected chi connectivity index (χ1v) is 13.8. The van der Waals surface area contributed by atoms with Gasteiger partial charge in [-0.15, -0.1) is 0 Å². The van der Waals surface area contributed by atoms with Gasteiger partial charge in [-0.3, -0.25) is 13.9 Å². The van der Waals surface area contributed by atoms with E-state index in [0.717, 1.165) is 15.4 Å². The van der Waals surface area contributed by atoms with Crippen molar-refractivity contribution in [1.29, 1.82) is 0 Å². The molecule has 0 bridgehead atoms. The lowest BCUT2D eigenvalue weighted by Crippen LogP contribution is -2.51. The van der Waals surface area contributed by atoms with Gasteiger partial charge in [0.25, 0.3) is 10.0 Å². The van der Waals surface area contributed by atoms with Gasteiger partial charge in [0.05, 0.1) is 10.6 Å². The zero-order valence-electron chi connectivity index (χ0n) is 21.4. The molecule has 0 spiro atoms. The number of halogens is 1. The molecular formula is C28H32ClN3O4S. The lowest BCUT2D eigenvalue weighted by atomic mass is 10.1. The summed E-state index contributed by atoms with van der Waals surface area (Å²) in [5.41, 5.74) is 2.55. The van der Waals surface area contributed by atoms with Crippen molar-refractivity contribution in [3.8, 4) is 0 Å². The molecule has 2 amide bonds. The summed E-state index contributed by atoms with van der Waals surface area (Å²) in [6.07, 6.45) is 0. The Morgan fingerprint density at radius 1 is 0.946 bits per heavy atom. The molecule has 0 aliphatic carbocycles. The predicted molar refractivity (Wildman–Crippen MR) is 147 cm³/mol. The van der Waals surface area contributed by atoms with E-state index in [4.69, 9.17) is 11.6 Å². The first-order chi connectivity index (χ1) is 17.6. The Labute approximate surface area is 224 Å². The van der Waals surface area contributed by atoms with Crippen LogP contribution in [0.5, 0.6) is 0 Å². The third-order valence-corrected chi connectivity index (χ3v) is 8.29. The number of aryl methyl sites for hydroxylation is 1. The topological polar surface area (TPSA) is 86.8 Å². The van der Waals surface area contributed by atoms with E-state index < -0.39 is 28.5 Å². The van der Waals surface area contributed by atoms with Crippen LogP contribution in [0.15, 0.2) is 77.7 Å². The highest BCUT2D eigenvalue weighted by Crippen LogP contribution is 2.31. The molecular weight excluding hydrogens is 510 g/mol. The van der Waals surface area contributed by atoms with Crippen molar-refractivity contribution in [3.05, 3.63) is 94.5 Å². The molecule has 0 aliphatic heterocycles. The number of amides is 2. The van der Waals surface area contributed by atoms with Gasteiger partial charge in [0.1, 0.15) is 12.6 Å². The first kappa shape index (κ1) is 28.2. The van der Waals surface area contributed by atoms with E-state index >= 15 is 0 Å². The largest absolute Gasteiger partial charge is 0.355 e. The Kier molecular flexibility index (Phi) is 9.34. The zero-order valence-corrected chi connectivity index (χ0v) is 23.0. The van der Waals surface area contributed by atoms with Crippen LogP contribution < -0.4 is 9.62 Å². The fourth-order valence-corrected chi connectivity index (χ4v) is 5.54. The van der Waals surface area contributed by atoms with Crippen LogP contribution in [0.3, 0.4) is 0 Å². The summed E-state index contributed by atoms with van der Waals surface area (Å²) in [6, 6.07) is 19.8. The van der Waals surface area contributed by atoms with E-state index in [1.807, 2.05) is 37.3 Å². The van der Waals surface area contributed by atoms with Gasteiger partial charge in [-0.1, -0.05) is 65.7 Å². The van der Waals surface area contributed by atoms with E-state index in [9.17, 15) is 18.0 Å². The Hall–Kier alpha value is -3.36. The molecule has 7 nitrogen and oxygen atoms in total. The van der Waals surface area contributed by atoms with Gasteiger partial charge in [0.15, 0.2) is 0 Å². The lowest BCUT2D eigenvalue weighted by Gasteiger charge is -2.32. The quantitative estimate of drug-likeness (QED) is 0.403. The summed E-state index contributed by atoms with van der Waals surface area (Å²) < 4.78 is 28.8. The van der Waals surface area contributed by atoms with Gasteiger partial charge >= 0.3 is 0 Å². The average Bonchev–Trinajstić information content (AvgIpc) is 2.88. The van der Waals surface area contributed by atoms with E-state index in [0.29, 0.717) is 22.8 Å². The second-order valence-electron chi connectivity index (χ2n) is 8.79. The Morgan fingerprint density at radius 3 is 2.22 bits per heavy atom. The molecule has 3 aromatic carbocycles. The first-order valence-electron chi connectivity index (χ1n) is 12.0. The van der Waals surface area contributed by atoms with Crippen molar-refractivity contribution in [2.75, 3.05) is 17.4 Å². The SMILES string of the molecule is CCNC(=O)[C@@H](C)N(Cc1ccccc1)C(=O)CN(c1cccc(Cl)c1C)S(=O)(=O)c1ccc(C)cc1. The molecule has 0 aliphatic rings. The van der Waals surface area contributed by atoms with Gasteiger partial charge in [0, 0.05) is 18.1 Å². The molecule has 0 aromatic heterocycles. The summed E-state index contributed by atoms with van der Waals surface area (Å²) >= 11 is 6.34. The number of sulfonamides is 1. The van der Waals surface area contributed by atoms with Gasteiger partial charge in [-0.05, 0) is 63.1 Å². The molecule has 0 unspecified atom stereocenters. The molecule has 3 aromatic rings. The van der Waals surface area contributed by atoms with Crippen LogP contribution >= 0.6 is 11.6 Å². The molecule has 9 heteroatoms. The molecule has 1 atom stereocenters. The van der Waals surface area contributed by atoms with Crippen molar-refractivity contribution in [2.24, 2.45) is 0 Å². The fourth-order valence-electron chi connectivity index (χ4n) is 3.90. The van der Waals surface area contributed by atoms with Crippen LogP contribution in [0.4, 0.5) is 5.69 Å². The number of benzene rings is 3. The van der Waals surface area contributed by atoms with Crippen molar-refractivity contribution >= 4 is 39.1 Å². The fraction of sp³-hybridized carbons (Fsp3) is 0.286. The van der Waals surface area contributed by atoms with Crippen LogP contribution in [0, 0.1) is 13.8 Å². The number of hydrogen-bond donors (Lipinski definition) is 1. The summed E-state index contributed by atoms with van der Waals surface area (Å²) in [6.45, 7) is 7.05. The third kappa shape index (κ3) is 6.70. The molecule has 1 N–H and O–H groups in total. The number of hydrogen-bond acceptors (Lipinski definition) is 4. The number of carbonyl (C=O) groups is 2. The molecule has 0 heterocycles. The maximum atomic E-state index is 13.9. The monoisotopic (exact) mass is 541 g/mol. The molecule has 37 heavy (non-hydrogen) atoms. The van der Waals surface area contributed by atoms with Crippen LogP contribution in [-0.4, -0.2) is 44.3 Å². The number of carbonyl (C=O) groups excluding carboxylic acids is 2. The van der Waals surface area contributed by atoms with Gasteiger partial charge in [-0.2, -0.15) is 0 Å². The second kappa shape index (κ2) is 12.3. The highest BCUT2D eigenvalue weighted by atomic mass is 35.5. The maximum Gasteiger partial charge on any atom is 0.264 e. The summed E-state index contributed by atoms with van der Waals surface area (Å²) in [5.74, 6) is -0.837. The third-order valence-electron chi connectivity index (χ3n) is 6.11. The standard InChI is InChI=1S/C28H32ClN3O4S/c1-5-30-28(34)22(4)31(18-23-10-7-6-8-11-23)27(33)19-32(26-13-9-12-25(29)21(26)3)37(35,36)24-16-14-20(2)15-17-24/h6-17,22H,5,18-19H2,1-4H3,(H,30,34)/t22-/m1/s1. The summed E-state index contributed by atoms with van der Waals surface area (Å²) in [5, 5.41) is 3.13. The van der Waals surface area contributed by atoms with Crippen molar-refractivity contribution < 1.29 is 18.0 Å². The maximum absolute atomic E-state index is 13.9. The Balaban J connectivity index is 2.06. The average molecular weight is 542 g/mol. The van der Waals surface area contributed by atoms with E-state index in [1.165, 1.54) is 17.0 Å². The van der Waals surface area contributed by atoms with Crippen LogP contribution in [0.2, 0.25) is 5.02 Å². The highest BCUT2D eigenvalue weighted by molar-refractivity contribution is 7.92. The highest BCUT2D eigenvalue weighted by Gasteiger charge is 2.33. The number of anilines is 1. The summed E-state index contributed by atoms with van der Waals surface area (Å²) in [4.78, 5) is 28.0. The second-order valence-corrected chi connectivity index (χ2v) is 11.1. The van der Waals surface area contributed by atoms with Crippen molar-refractivity contribution in [3.63, 3.8) is 0 Å². The normalized spacial score (nSPS) is 12.0. The van der Waals surface area contributed by atoms with E-state index in [2.05, 4.69) is 5.32 Å². The van der Waals surface area contributed by atoms with Crippen LogP contribution in [0.1, 0.15) is 30.5 Å². The van der Waals surface area contributed by atoms with E-state index in [-0.39, 0.29) is 17.3 Å². The molecule has 196 valence electrons. The number of likely N-dealkylation sites (N-methyl/N-ethyl adjacent to an activating group) is 1. The molecule has 0 fully saturated rings. The van der Waals surface area contributed by atoms with Gasteiger partial charge < -0.3 is 10.2 Å². The molecule has 0 saturated carbocycles. The number of nitrogens with one attached hydrogen (secondary N) is 1. The molecule has 0 radical (unpaired) electrons. The number of rotatable bonds is 10. The molecule has 0 saturated heterocycles. The Morgan fingerprint density at radius 2 is 1.59 bits per heavy atom. The Bertz CT molecular complexity index is 1350. The lowest BCUT2D eigenvalue weighted by molar-refractivity contribution is -0.139. The number of nitrogens with zero attached hydrogens (tertiary/aromatic N) is 2. The zero-order chi connectivity index (χ0) is 27.2. The summed E-state index contributed by atoms with van der Waals surface area (Å²) in [7, 11) is -4.14. The van der Waals surface area contributed by atoms with Gasteiger partial charge in [0.2, 0.25) is 11.8 Å². The van der Waals surface area contributed by atoms with Crippen molar-refractivity contribution in [1.82, 2.24) is 10.2 Å². The van der Waals surface area contributed by atoms with E-state index in [1.54, 1.807) is 51.1 Å². The van der Waals surface area contributed by atoms with Crippen LogP contribution in [0.25, 0.3) is 0 Å².